The lowest BCUT2D eigenvalue weighted by Crippen LogP contribution is -2.21. The van der Waals surface area contributed by atoms with Gasteiger partial charge in [0.2, 0.25) is 11.8 Å². The number of carbonyl (C=O) groups excluding carboxylic acids is 2. The van der Waals surface area contributed by atoms with Crippen LogP contribution in [-0.2, 0) is 16.0 Å². The van der Waals surface area contributed by atoms with E-state index in [1.807, 2.05) is 0 Å². The van der Waals surface area contributed by atoms with E-state index in [0.29, 0.717) is 12.1 Å². The molecule has 0 fully saturated rings. The van der Waals surface area contributed by atoms with Crippen molar-refractivity contribution < 1.29 is 9.59 Å². The minimum absolute atomic E-state index is 0.0210. The summed E-state index contributed by atoms with van der Waals surface area (Å²) in [5, 5.41) is 5.35. The topological polar surface area (TPSA) is 84.2 Å². The summed E-state index contributed by atoms with van der Waals surface area (Å²) >= 11 is 0. The van der Waals surface area contributed by atoms with Gasteiger partial charge in [-0.15, -0.1) is 0 Å². The largest absolute Gasteiger partial charge is 0.326 e. The maximum atomic E-state index is 11.1. The molecule has 5 heteroatoms. The number of carbonyl (C=O) groups is 2. The third-order valence-electron chi connectivity index (χ3n) is 2.20. The molecule has 1 heterocycles. The maximum absolute atomic E-state index is 11.1. The van der Waals surface area contributed by atoms with Crippen LogP contribution in [0.1, 0.15) is 5.56 Å². The number of hydrogen-bond acceptors (Lipinski definition) is 3. The third-order valence-corrected chi connectivity index (χ3v) is 2.20. The van der Waals surface area contributed by atoms with Gasteiger partial charge >= 0.3 is 0 Å². The first kappa shape index (κ1) is 9.67. The molecule has 0 unspecified atom stereocenters. The molecule has 0 saturated heterocycles. The van der Waals surface area contributed by atoms with E-state index >= 15 is 0 Å². The van der Waals surface area contributed by atoms with Crippen LogP contribution in [0, 0.1) is 0 Å². The number of fused-ring (bicyclic) bond motifs is 1. The zero-order chi connectivity index (χ0) is 10.8. The van der Waals surface area contributed by atoms with E-state index in [9.17, 15) is 9.59 Å². The zero-order valence-corrected chi connectivity index (χ0v) is 8.04. The predicted molar refractivity (Wildman–Crippen MR) is 56.5 cm³/mol. The first-order valence-electron chi connectivity index (χ1n) is 4.62. The van der Waals surface area contributed by atoms with Crippen LogP contribution in [0.2, 0.25) is 0 Å². The standard InChI is InChI=1S/C10H11N3O2/c11-5-10(15)12-7-1-2-8-6(3-7)4-9(14)13-8/h1-3H,4-5,11H2,(H,12,15)(H,13,14). The minimum atomic E-state index is -0.243. The molecule has 0 saturated carbocycles. The van der Waals surface area contributed by atoms with Crippen molar-refractivity contribution in [2.24, 2.45) is 5.73 Å². The van der Waals surface area contributed by atoms with Crippen LogP contribution in [-0.4, -0.2) is 18.4 Å². The van der Waals surface area contributed by atoms with Crippen LogP contribution in [0.3, 0.4) is 0 Å². The smallest absolute Gasteiger partial charge is 0.238 e. The zero-order valence-electron chi connectivity index (χ0n) is 8.04. The SMILES string of the molecule is NCC(=O)Nc1ccc2c(c1)CC(=O)N2. The van der Waals surface area contributed by atoms with E-state index in [2.05, 4.69) is 10.6 Å². The van der Waals surface area contributed by atoms with E-state index in [4.69, 9.17) is 5.73 Å². The van der Waals surface area contributed by atoms with Gasteiger partial charge < -0.3 is 16.4 Å². The summed E-state index contributed by atoms with van der Waals surface area (Å²) in [5.74, 6) is -0.264. The molecule has 2 amide bonds. The first-order valence-corrected chi connectivity index (χ1v) is 4.62. The summed E-state index contributed by atoms with van der Waals surface area (Å²) in [5.41, 5.74) is 7.55. The summed E-state index contributed by atoms with van der Waals surface area (Å²) in [4.78, 5) is 22.1. The molecule has 4 N–H and O–H groups in total. The average molecular weight is 205 g/mol. The van der Waals surface area contributed by atoms with E-state index in [-0.39, 0.29) is 18.4 Å². The summed E-state index contributed by atoms with van der Waals surface area (Å²) < 4.78 is 0. The van der Waals surface area contributed by atoms with Crippen molar-refractivity contribution in [3.8, 4) is 0 Å². The van der Waals surface area contributed by atoms with E-state index in [0.717, 1.165) is 11.3 Å². The monoisotopic (exact) mass is 205 g/mol. The van der Waals surface area contributed by atoms with Crippen LogP contribution in [0.25, 0.3) is 0 Å². The molecule has 15 heavy (non-hydrogen) atoms. The Morgan fingerprint density at radius 2 is 2.33 bits per heavy atom. The van der Waals surface area contributed by atoms with Crippen molar-refractivity contribution >= 4 is 23.2 Å². The number of rotatable bonds is 2. The molecule has 0 spiro atoms. The summed E-state index contributed by atoms with van der Waals surface area (Å²) in [6, 6.07) is 5.28. The van der Waals surface area contributed by atoms with Gasteiger partial charge in [-0.1, -0.05) is 0 Å². The van der Waals surface area contributed by atoms with Gasteiger partial charge in [0.25, 0.3) is 0 Å². The molecule has 5 nitrogen and oxygen atoms in total. The van der Waals surface area contributed by atoms with Gasteiger partial charge in [-0.05, 0) is 23.8 Å². The third kappa shape index (κ3) is 1.97. The highest BCUT2D eigenvalue weighted by molar-refractivity contribution is 6.00. The molecule has 1 aromatic carbocycles. The summed E-state index contributed by atoms with van der Waals surface area (Å²) in [6.45, 7) is -0.0474. The van der Waals surface area contributed by atoms with Crippen molar-refractivity contribution in [1.29, 1.82) is 0 Å². The Morgan fingerprint density at radius 1 is 1.53 bits per heavy atom. The lowest BCUT2D eigenvalue weighted by atomic mass is 10.1. The number of nitrogens with two attached hydrogens (primary N) is 1. The molecular weight excluding hydrogens is 194 g/mol. The van der Waals surface area contributed by atoms with E-state index in [1.54, 1.807) is 18.2 Å². The summed E-state index contributed by atoms with van der Waals surface area (Å²) in [7, 11) is 0. The molecule has 0 aliphatic carbocycles. The lowest BCUT2D eigenvalue weighted by Gasteiger charge is -2.05. The highest BCUT2D eigenvalue weighted by atomic mass is 16.2. The normalized spacial score (nSPS) is 13.3. The molecule has 1 aliphatic heterocycles. The second-order valence-corrected chi connectivity index (χ2v) is 3.35. The molecule has 0 bridgehead atoms. The molecular formula is C10H11N3O2. The molecule has 1 aromatic rings. The number of anilines is 2. The van der Waals surface area contributed by atoms with Crippen molar-refractivity contribution in [2.45, 2.75) is 6.42 Å². The number of nitrogens with one attached hydrogen (secondary N) is 2. The van der Waals surface area contributed by atoms with E-state index < -0.39 is 0 Å². The van der Waals surface area contributed by atoms with Gasteiger partial charge in [0, 0.05) is 11.4 Å². The predicted octanol–water partition coefficient (Wildman–Crippen LogP) is 0.0784. The molecule has 2 rings (SSSR count). The average Bonchev–Trinajstić information content (AvgIpc) is 2.57. The van der Waals surface area contributed by atoms with Crippen LogP contribution in [0.4, 0.5) is 11.4 Å². The van der Waals surface area contributed by atoms with Crippen LogP contribution in [0.5, 0.6) is 0 Å². The lowest BCUT2D eigenvalue weighted by molar-refractivity contribution is -0.115. The Labute approximate surface area is 86.6 Å². The highest BCUT2D eigenvalue weighted by Crippen LogP contribution is 2.25. The number of benzene rings is 1. The maximum Gasteiger partial charge on any atom is 0.238 e. The Hall–Kier alpha value is -1.88. The highest BCUT2D eigenvalue weighted by Gasteiger charge is 2.17. The molecule has 1 aliphatic rings. The van der Waals surface area contributed by atoms with E-state index in [1.165, 1.54) is 0 Å². The van der Waals surface area contributed by atoms with Crippen LogP contribution in [0.15, 0.2) is 18.2 Å². The molecule has 0 aromatic heterocycles. The molecule has 78 valence electrons. The van der Waals surface area contributed by atoms with Crippen molar-refractivity contribution in [3.05, 3.63) is 23.8 Å². The van der Waals surface area contributed by atoms with Crippen LogP contribution >= 0.6 is 0 Å². The fourth-order valence-corrected chi connectivity index (χ4v) is 1.52. The first-order chi connectivity index (χ1) is 7.19. The second kappa shape index (κ2) is 3.70. The van der Waals surface area contributed by atoms with Gasteiger partial charge in [0.05, 0.1) is 13.0 Å². The fourth-order valence-electron chi connectivity index (χ4n) is 1.52. The van der Waals surface area contributed by atoms with Gasteiger partial charge in [0.15, 0.2) is 0 Å². The Bertz CT molecular complexity index is 429. The van der Waals surface area contributed by atoms with Crippen molar-refractivity contribution in [1.82, 2.24) is 0 Å². The molecule has 0 atom stereocenters. The van der Waals surface area contributed by atoms with Gasteiger partial charge in [-0.2, -0.15) is 0 Å². The number of hydrogen-bond donors (Lipinski definition) is 3. The van der Waals surface area contributed by atoms with Crippen molar-refractivity contribution in [2.75, 3.05) is 17.2 Å². The molecule has 0 radical (unpaired) electrons. The minimum Gasteiger partial charge on any atom is -0.326 e. The Balaban J connectivity index is 2.20. The van der Waals surface area contributed by atoms with Crippen LogP contribution < -0.4 is 16.4 Å². The van der Waals surface area contributed by atoms with Gasteiger partial charge in [0.1, 0.15) is 0 Å². The number of amides is 2. The summed E-state index contributed by atoms with van der Waals surface area (Å²) in [6.07, 6.45) is 0.363. The Morgan fingerprint density at radius 3 is 3.07 bits per heavy atom. The quantitative estimate of drug-likeness (QED) is 0.639. The second-order valence-electron chi connectivity index (χ2n) is 3.35. The fraction of sp³-hybridized carbons (Fsp3) is 0.200. The Kier molecular flexibility index (Phi) is 2.39. The van der Waals surface area contributed by atoms with Crippen molar-refractivity contribution in [3.63, 3.8) is 0 Å². The van der Waals surface area contributed by atoms with Gasteiger partial charge in [-0.25, -0.2) is 0 Å². The van der Waals surface area contributed by atoms with Gasteiger partial charge in [-0.3, -0.25) is 9.59 Å².